The highest BCUT2D eigenvalue weighted by Gasteiger charge is 2.23. The van der Waals surface area contributed by atoms with Gasteiger partial charge in [-0.3, -0.25) is 4.79 Å². The second-order valence-corrected chi connectivity index (χ2v) is 5.43. The van der Waals surface area contributed by atoms with Crippen molar-refractivity contribution in [3.05, 3.63) is 29.8 Å². The van der Waals surface area contributed by atoms with Crippen molar-refractivity contribution in [1.82, 2.24) is 15.1 Å². The Bertz CT molecular complexity index is 620. The summed E-state index contributed by atoms with van der Waals surface area (Å²) in [6, 6.07) is 1.86. The first-order chi connectivity index (χ1) is 9.06. The summed E-state index contributed by atoms with van der Waals surface area (Å²) < 4.78 is 0. The van der Waals surface area contributed by atoms with Gasteiger partial charge in [-0.05, 0) is 19.9 Å². The number of hydrogen-bond donors (Lipinski definition) is 1. The SMILES string of the molecule is C=CCN(C(=O)c1sc2nnccc2c1N)C(C)C. The monoisotopic (exact) mass is 276 g/mol. The number of nitrogens with two attached hydrogens (primary N) is 1. The highest BCUT2D eigenvalue weighted by Crippen LogP contribution is 2.32. The van der Waals surface area contributed by atoms with E-state index < -0.39 is 0 Å². The van der Waals surface area contributed by atoms with E-state index in [1.807, 2.05) is 13.8 Å². The third-order valence-electron chi connectivity index (χ3n) is 2.82. The number of hydrogen-bond acceptors (Lipinski definition) is 5. The molecule has 2 aromatic rings. The quantitative estimate of drug-likeness (QED) is 0.870. The number of thiophene rings is 1. The minimum absolute atomic E-state index is 0.0844. The average Bonchev–Trinajstić information content (AvgIpc) is 2.73. The Morgan fingerprint density at radius 1 is 1.63 bits per heavy atom. The molecule has 2 aromatic heterocycles. The molecule has 0 aliphatic rings. The van der Waals surface area contributed by atoms with E-state index in [-0.39, 0.29) is 11.9 Å². The molecule has 0 atom stereocenters. The third-order valence-corrected chi connectivity index (χ3v) is 3.92. The largest absolute Gasteiger partial charge is 0.397 e. The first-order valence-corrected chi connectivity index (χ1v) is 6.79. The molecule has 19 heavy (non-hydrogen) atoms. The van der Waals surface area contributed by atoms with Crippen molar-refractivity contribution >= 4 is 33.1 Å². The number of carbonyl (C=O) groups is 1. The fourth-order valence-electron chi connectivity index (χ4n) is 1.83. The zero-order valence-electron chi connectivity index (χ0n) is 11.0. The lowest BCUT2D eigenvalue weighted by Gasteiger charge is -2.24. The number of nitrogens with zero attached hydrogens (tertiary/aromatic N) is 3. The van der Waals surface area contributed by atoms with Gasteiger partial charge in [0.25, 0.3) is 5.91 Å². The molecule has 0 aliphatic carbocycles. The Hall–Kier alpha value is -1.95. The summed E-state index contributed by atoms with van der Waals surface area (Å²) in [5.41, 5.74) is 6.52. The number of carbonyl (C=O) groups excluding carboxylic acids is 1. The Morgan fingerprint density at radius 2 is 2.37 bits per heavy atom. The molecule has 0 saturated heterocycles. The minimum Gasteiger partial charge on any atom is -0.397 e. The Balaban J connectivity index is 2.45. The van der Waals surface area contributed by atoms with Gasteiger partial charge in [0.1, 0.15) is 9.71 Å². The van der Waals surface area contributed by atoms with Crippen molar-refractivity contribution in [3.8, 4) is 0 Å². The molecule has 2 N–H and O–H groups in total. The van der Waals surface area contributed by atoms with Gasteiger partial charge in [-0.1, -0.05) is 6.08 Å². The Kier molecular flexibility index (Phi) is 3.80. The van der Waals surface area contributed by atoms with Crippen LogP contribution in [0.3, 0.4) is 0 Å². The van der Waals surface area contributed by atoms with E-state index >= 15 is 0 Å². The van der Waals surface area contributed by atoms with Crippen LogP contribution in [0.2, 0.25) is 0 Å². The van der Waals surface area contributed by atoms with E-state index in [4.69, 9.17) is 5.73 Å². The fraction of sp³-hybridized carbons (Fsp3) is 0.308. The van der Waals surface area contributed by atoms with Crippen LogP contribution in [0, 0.1) is 0 Å². The molecule has 0 aromatic carbocycles. The molecule has 0 spiro atoms. The lowest BCUT2D eigenvalue weighted by molar-refractivity contribution is 0.0735. The molecule has 100 valence electrons. The van der Waals surface area contributed by atoms with Gasteiger partial charge >= 0.3 is 0 Å². The first-order valence-electron chi connectivity index (χ1n) is 5.97. The number of rotatable bonds is 4. The van der Waals surface area contributed by atoms with E-state index in [0.717, 1.165) is 5.39 Å². The summed E-state index contributed by atoms with van der Waals surface area (Å²) in [6.07, 6.45) is 3.28. The second-order valence-electron chi connectivity index (χ2n) is 4.43. The lowest BCUT2D eigenvalue weighted by Crippen LogP contribution is -2.36. The van der Waals surface area contributed by atoms with Crippen LogP contribution in [0.5, 0.6) is 0 Å². The van der Waals surface area contributed by atoms with Crippen LogP contribution < -0.4 is 5.73 Å². The second kappa shape index (κ2) is 5.36. The number of amides is 1. The molecule has 0 radical (unpaired) electrons. The van der Waals surface area contributed by atoms with Gasteiger partial charge < -0.3 is 10.6 Å². The predicted octanol–water partition coefficient (Wildman–Crippen LogP) is 2.31. The Labute approximate surface area is 115 Å². The number of anilines is 1. The Morgan fingerprint density at radius 3 is 2.95 bits per heavy atom. The van der Waals surface area contributed by atoms with Gasteiger partial charge in [-0.2, -0.15) is 5.10 Å². The van der Waals surface area contributed by atoms with E-state index in [1.54, 1.807) is 23.2 Å². The molecule has 5 nitrogen and oxygen atoms in total. The van der Waals surface area contributed by atoms with Crippen LogP contribution in [-0.4, -0.2) is 33.6 Å². The lowest BCUT2D eigenvalue weighted by atomic mass is 10.2. The summed E-state index contributed by atoms with van der Waals surface area (Å²) >= 11 is 1.28. The van der Waals surface area contributed by atoms with Gasteiger partial charge in [0, 0.05) is 18.0 Å². The number of nitrogen functional groups attached to an aromatic ring is 1. The van der Waals surface area contributed by atoms with E-state index in [1.165, 1.54) is 11.3 Å². The van der Waals surface area contributed by atoms with Crippen LogP contribution in [0.15, 0.2) is 24.9 Å². The average molecular weight is 276 g/mol. The van der Waals surface area contributed by atoms with Gasteiger partial charge in [-0.25, -0.2) is 0 Å². The van der Waals surface area contributed by atoms with Crippen molar-refractivity contribution < 1.29 is 4.79 Å². The molecular formula is C13H16N4OS. The van der Waals surface area contributed by atoms with E-state index in [9.17, 15) is 4.79 Å². The standard InChI is InChI=1S/C13H16N4OS/c1-4-7-17(8(2)3)13(18)11-10(14)9-5-6-15-16-12(9)19-11/h4-6,8H,1,7,14H2,2-3H3. The van der Waals surface area contributed by atoms with Crippen molar-refractivity contribution in [2.45, 2.75) is 19.9 Å². The summed E-state index contributed by atoms with van der Waals surface area (Å²) in [6.45, 7) is 8.10. The van der Waals surface area contributed by atoms with Crippen molar-refractivity contribution in [1.29, 1.82) is 0 Å². The highest BCUT2D eigenvalue weighted by atomic mass is 32.1. The molecule has 0 fully saturated rings. The predicted molar refractivity (Wildman–Crippen MR) is 78.2 cm³/mol. The molecule has 2 rings (SSSR count). The maximum Gasteiger partial charge on any atom is 0.266 e. The number of aromatic nitrogens is 2. The van der Waals surface area contributed by atoms with Gasteiger partial charge in [0.2, 0.25) is 0 Å². The molecule has 0 saturated carbocycles. The summed E-state index contributed by atoms with van der Waals surface area (Å²) in [7, 11) is 0. The van der Waals surface area contributed by atoms with Crippen molar-refractivity contribution in [2.75, 3.05) is 12.3 Å². The van der Waals surface area contributed by atoms with Crippen LogP contribution >= 0.6 is 11.3 Å². The maximum absolute atomic E-state index is 12.5. The molecular weight excluding hydrogens is 260 g/mol. The molecule has 1 amide bonds. The third kappa shape index (κ3) is 2.44. The molecule has 6 heteroatoms. The van der Waals surface area contributed by atoms with Gasteiger partial charge in [0.05, 0.1) is 11.9 Å². The van der Waals surface area contributed by atoms with Crippen molar-refractivity contribution in [2.24, 2.45) is 0 Å². The van der Waals surface area contributed by atoms with Crippen LogP contribution in [0.25, 0.3) is 10.2 Å². The van der Waals surface area contributed by atoms with Gasteiger partial charge in [-0.15, -0.1) is 23.0 Å². The topological polar surface area (TPSA) is 72.1 Å². The molecule has 0 bridgehead atoms. The zero-order valence-corrected chi connectivity index (χ0v) is 11.8. The molecule has 2 heterocycles. The smallest absolute Gasteiger partial charge is 0.266 e. The summed E-state index contributed by atoms with van der Waals surface area (Å²) in [4.78, 5) is 15.5. The van der Waals surface area contributed by atoms with Crippen LogP contribution in [0.4, 0.5) is 5.69 Å². The van der Waals surface area contributed by atoms with Crippen molar-refractivity contribution in [3.63, 3.8) is 0 Å². The number of fused-ring (bicyclic) bond motifs is 1. The fourth-order valence-corrected chi connectivity index (χ4v) is 2.82. The maximum atomic E-state index is 12.5. The van der Waals surface area contributed by atoms with Gasteiger partial charge in [0.15, 0.2) is 0 Å². The summed E-state index contributed by atoms with van der Waals surface area (Å²) in [5, 5.41) is 8.58. The summed E-state index contributed by atoms with van der Waals surface area (Å²) in [5.74, 6) is -0.0876. The zero-order chi connectivity index (χ0) is 14.0. The van der Waals surface area contributed by atoms with E-state index in [2.05, 4.69) is 16.8 Å². The van der Waals surface area contributed by atoms with Crippen LogP contribution in [0.1, 0.15) is 23.5 Å². The minimum atomic E-state index is -0.0876. The van der Waals surface area contributed by atoms with E-state index in [0.29, 0.717) is 21.9 Å². The normalized spacial score (nSPS) is 10.9. The molecule has 0 aliphatic heterocycles. The van der Waals surface area contributed by atoms with Crippen LogP contribution in [-0.2, 0) is 0 Å². The highest BCUT2D eigenvalue weighted by molar-refractivity contribution is 7.21. The molecule has 0 unspecified atom stereocenters. The first kappa shape index (κ1) is 13.5.